The molecule has 0 saturated carbocycles. The fourth-order valence-corrected chi connectivity index (χ4v) is 3.14. The molecule has 0 spiro atoms. The zero-order chi connectivity index (χ0) is 14.9. The van der Waals surface area contributed by atoms with Gasteiger partial charge in [0.1, 0.15) is 5.76 Å². The number of hydrogen-bond donors (Lipinski definition) is 1. The maximum Gasteiger partial charge on any atom is 0.263 e. The molecule has 108 valence electrons. The highest BCUT2D eigenvalue weighted by Crippen LogP contribution is 2.24. The van der Waals surface area contributed by atoms with E-state index in [-0.39, 0.29) is 16.6 Å². The number of anilines is 1. The van der Waals surface area contributed by atoms with E-state index in [1.165, 1.54) is 0 Å². The number of nitrogens with zero attached hydrogens (tertiary/aromatic N) is 1. The number of aryl methyl sites for hydroxylation is 2. The molecule has 0 saturated heterocycles. The van der Waals surface area contributed by atoms with E-state index in [1.807, 2.05) is 26.0 Å². The molecule has 0 amide bonds. The first-order chi connectivity index (χ1) is 9.29. The van der Waals surface area contributed by atoms with Crippen molar-refractivity contribution in [1.82, 2.24) is 5.16 Å². The van der Waals surface area contributed by atoms with Crippen LogP contribution in [0.1, 0.15) is 36.7 Å². The Morgan fingerprint density at radius 2 is 1.90 bits per heavy atom. The van der Waals surface area contributed by atoms with Crippen LogP contribution in [0.2, 0.25) is 0 Å². The summed E-state index contributed by atoms with van der Waals surface area (Å²) in [6.45, 7) is 7.52. The highest BCUT2D eigenvalue weighted by atomic mass is 32.2. The summed E-state index contributed by atoms with van der Waals surface area (Å²) >= 11 is 0. The molecule has 0 aliphatic rings. The maximum absolute atomic E-state index is 12.4. The van der Waals surface area contributed by atoms with Gasteiger partial charge in [0.2, 0.25) is 0 Å². The summed E-state index contributed by atoms with van der Waals surface area (Å²) in [7, 11) is -3.66. The standard InChI is InChI=1S/C14H18N2O3S/c1-9(2)12-6-5-10(3)13(8-12)20(17,18)16-14-7-11(4)19-15-14/h5-9H,1-4H3,(H,15,16). The van der Waals surface area contributed by atoms with E-state index in [0.29, 0.717) is 11.3 Å². The SMILES string of the molecule is Cc1cc(NS(=O)(=O)c2cc(C(C)C)ccc2C)no1. The van der Waals surface area contributed by atoms with Crippen LogP contribution in [-0.4, -0.2) is 13.6 Å². The van der Waals surface area contributed by atoms with Crippen molar-refractivity contribution >= 4 is 15.8 Å². The van der Waals surface area contributed by atoms with Gasteiger partial charge in [-0.2, -0.15) is 0 Å². The van der Waals surface area contributed by atoms with E-state index in [0.717, 1.165) is 5.56 Å². The number of rotatable bonds is 4. The van der Waals surface area contributed by atoms with Gasteiger partial charge >= 0.3 is 0 Å². The average molecular weight is 294 g/mol. The fourth-order valence-electron chi connectivity index (χ4n) is 1.87. The van der Waals surface area contributed by atoms with Gasteiger partial charge in [-0.1, -0.05) is 31.1 Å². The van der Waals surface area contributed by atoms with Crippen LogP contribution < -0.4 is 4.72 Å². The third kappa shape index (κ3) is 3.01. The second-order valence-electron chi connectivity index (χ2n) is 5.11. The van der Waals surface area contributed by atoms with Crippen LogP contribution in [0, 0.1) is 13.8 Å². The van der Waals surface area contributed by atoms with Crippen molar-refractivity contribution in [3.63, 3.8) is 0 Å². The van der Waals surface area contributed by atoms with Gasteiger partial charge < -0.3 is 4.52 Å². The second-order valence-corrected chi connectivity index (χ2v) is 6.76. The lowest BCUT2D eigenvalue weighted by Gasteiger charge is -2.12. The monoisotopic (exact) mass is 294 g/mol. The lowest BCUT2D eigenvalue weighted by atomic mass is 10.0. The minimum Gasteiger partial charge on any atom is -0.360 e. The van der Waals surface area contributed by atoms with Crippen LogP contribution in [0.4, 0.5) is 5.82 Å². The summed E-state index contributed by atoms with van der Waals surface area (Å²) in [5.74, 6) is 1.01. The summed E-state index contributed by atoms with van der Waals surface area (Å²) < 4.78 is 32.1. The predicted octanol–water partition coefficient (Wildman–Crippen LogP) is 3.22. The van der Waals surface area contributed by atoms with Gasteiger partial charge in [-0.3, -0.25) is 4.72 Å². The molecule has 0 bridgehead atoms. The van der Waals surface area contributed by atoms with Crippen LogP contribution >= 0.6 is 0 Å². The Kier molecular flexibility index (Phi) is 3.85. The van der Waals surface area contributed by atoms with Gasteiger partial charge in [-0.15, -0.1) is 0 Å². The molecular weight excluding hydrogens is 276 g/mol. The van der Waals surface area contributed by atoms with Crippen molar-refractivity contribution in [1.29, 1.82) is 0 Å². The number of benzene rings is 1. The summed E-state index contributed by atoms with van der Waals surface area (Å²) in [4.78, 5) is 0.268. The molecule has 1 N–H and O–H groups in total. The van der Waals surface area contributed by atoms with Crippen LogP contribution in [0.25, 0.3) is 0 Å². The van der Waals surface area contributed by atoms with E-state index in [9.17, 15) is 8.42 Å². The molecular formula is C14H18N2O3S. The molecule has 6 heteroatoms. The first-order valence-corrected chi connectivity index (χ1v) is 7.84. The van der Waals surface area contributed by atoms with Gasteiger partial charge in [0.25, 0.3) is 10.0 Å². The molecule has 1 aromatic carbocycles. The van der Waals surface area contributed by atoms with E-state index >= 15 is 0 Å². The number of hydrogen-bond acceptors (Lipinski definition) is 4. The summed E-state index contributed by atoms with van der Waals surface area (Å²) in [5.41, 5.74) is 1.68. The van der Waals surface area contributed by atoms with Crippen LogP contribution in [-0.2, 0) is 10.0 Å². The Morgan fingerprint density at radius 1 is 1.20 bits per heavy atom. The lowest BCUT2D eigenvalue weighted by molar-refractivity contribution is 0.400. The Bertz CT molecular complexity index is 718. The average Bonchev–Trinajstić information content (AvgIpc) is 2.73. The summed E-state index contributed by atoms with van der Waals surface area (Å²) in [6.07, 6.45) is 0. The van der Waals surface area contributed by atoms with Gasteiger partial charge in [0.05, 0.1) is 4.90 Å². The molecule has 2 rings (SSSR count). The van der Waals surface area contributed by atoms with E-state index in [4.69, 9.17) is 4.52 Å². The maximum atomic E-state index is 12.4. The van der Waals surface area contributed by atoms with E-state index in [2.05, 4.69) is 9.88 Å². The zero-order valence-electron chi connectivity index (χ0n) is 12.0. The van der Waals surface area contributed by atoms with Crippen molar-refractivity contribution in [3.05, 3.63) is 41.2 Å². The lowest BCUT2D eigenvalue weighted by Crippen LogP contribution is -2.15. The zero-order valence-corrected chi connectivity index (χ0v) is 12.8. The molecule has 20 heavy (non-hydrogen) atoms. The number of aromatic nitrogens is 1. The van der Waals surface area contributed by atoms with Gasteiger partial charge in [0, 0.05) is 6.07 Å². The van der Waals surface area contributed by atoms with Crippen molar-refractivity contribution in [2.24, 2.45) is 0 Å². The van der Waals surface area contributed by atoms with E-state index < -0.39 is 10.0 Å². The third-order valence-electron chi connectivity index (χ3n) is 3.04. The first kappa shape index (κ1) is 14.6. The highest BCUT2D eigenvalue weighted by molar-refractivity contribution is 7.92. The first-order valence-electron chi connectivity index (χ1n) is 6.36. The van der Waals surface area contributed by atoms with E-state index in [1.54, 1.807) is 26.0 Å². The molecule has 1 heterocycles. The smallest absolute Gasteiger partial charge is 0.263 e. The summed E-state index contributed by atoms with van der Waals surface area (Å²) in [6, 6.07) is 7.01. The van der Waals surface area contributed by atoms with Gasteiger partial charge in [-0.05, 0) is 37.0 Å². The Labute approximate surface area is 119 Å². The van der Waals surface area contributed by atoms with Gasteiger partial charge in [-0.25, -0.2) is 8.42 Å². The topological polar surface area (TPSA) is 72.2 Å². The molecule has 0 atom stereocenters. The minimum absolute atomic E-state index is 0.192. The molecule has 2 aromatic rings. The Morgan fingerprint density at radius 3 is 2.45 bits per heavy atom. The molecule has 5 nitrogen and oxygen atoms in total. The van der Waals surface area contributed by atoms with Crippen LogP contribution in [0.15, 0.2) is 33.7 Å². The largest absolute Gasteiger partial charge is 0.360 e. The normalized spacial score (nSPS) is 11.8. The Balaban J connectivity index is 2.40. The third-order valence-corrected chi connectivity index (χ3v) is 4.53. The second kappa shape index (κ2) is 5.28. The Hall–Kier alpha value is -1.82. The van der Waals surface area contributed by atoms with Crippen LogP contribution in [0.3, 0.4) is 0 Å². The predicted molar refractivity (Wildman–Crippen MR) is 77.3 cm³/mol. The fraction of sp³-hybridized carbons (Fsp3) is 0.357. The van der Waals surface area contributed by atoms with Gasteiger partial charge in [0.15, 0.2) is 5.82 Å². The quantitative estimate of drug-likeness (QED) is 0.939. The number of sulfonamides is 1. The molecule has 0 radical (unpaired) electrons. The van der Waals surface area contributed by atoms with Crippen LogP contribution in [0.5, 0.6) is 0 Å². The molecule has 0 aliphatic carbocycles. The molecule has 0 aliphatic heterocycles. The number of nitrogens with one attached hydrogen (secondary N) is 1. The van der Waals surface area contributed by atoms with Crippen molar-refractivity contribution in [2.45, 2.75) is 38.5 Å². The molecule has 0 fully saturated rings. The molecule has 0 unspecified atom stereocenters. The van der Waals surface area contributed by atoms with Crippen molar-refractivity contribution < 1.29 is 12.9 Å². The molecule has 1 aromatic heterocycles. The van der Waals surface area contributed by atoms with Crippen molar-refractivity contribution in [2.75, 3.05) is 4.72 Å². The van der Waals surface area contributed by atoms with Crippen molar-refractivity contribution in [3.8, 4) is 0 Å². The minimum atomic E-state index is -3.66. The highest BCUT2D eigenvalue weighted by Gasteiger charge is 2.19. The summed E-state index contributed by atoms with van der Waals surface area (Å²) in [5, 5.41) is 3.65.